The lowest BCUT2D eigenvalue weighted by Crippen LogP contribution is -2.11. The van der Waals surface area contributed by atoms with Crippen molar-refractivity contribution in [1.82, 2.24) is 0 Å². The van der Waals surface area contributed by atoms with Gasteiger partial charge >= 0.3 is 5.97 Å². The summed E-state index contributed by atoms with van der Waals surface area (Å²) < 4.78 is 11.1. The van der Waals surface area contributed by atoms with E-state index in [1.807, 2.05) is 30.3 Å². The number of carbonyl (C=O) groups is 1. The molecule has 0 spiro atoms. The first-order chi connectivity index (χ1) is 7.33. The zero-order chi connectivity index (χ0) is 10.9. The van der Waals surface area contributed by atoms with E-state index < -0.39 is 0 Å². The predicted octanol–water partition coefficient (Wildman–Crippen LogP) is 2.43. The topological polar surface area (TPSA) is 35.5 Å². The Morgan fingerprint density at radius 1 is 1.20 bits per heavy atom. The van der Waals surface area contributed by atoms with Crippen molar-refractivity contribution in [3.8, 4) is 5.75 Å². The molecule has 0 aliphatic rings. The van der Waals surface area contributed by atoms with Crippen molar-refractivity contribution in [2.75, 3.05) is 17.6 Å². The molecular weight excluding hydrogens is 307 g/mol. The van der Waals surface area contributed by atoms with Crippen LogP contribution >= 0.6 is 22.6 Å². The van der Waals surface area contributed by atoms with Crippen LogP contribution in [-0.2, 0) is 9.53 Å². The van der Waals surface area contributed by atoms with Gasteiger partial charge in [-0.3, -0.25) is 4.79 Å². The molecule has 0 aliphatic heterocycles. The highest BCUT2D eigenvalue weighted by molar-refractivity contribution is 14.1. The van der Waals surface area contributed by atoms with E-state index in [0.717, 1.165) is 10.2 Å². The first-order valence-corrected chi connectivity index (χ1v) is 6.25. The van der Waals surface area contributed by atoms with Gasteiger partial charge in [-0.1, -0.05) is 40.8 Å². The van der Waals surface area contributed by atoms with Crippen molar-refractivity contribution in [3.05, 3.63) is 30.3 Å². The van der Waals surface area contributed by atoms with Gasteiger partial charge in [0.05, 0.1) is 13.0 Å². The van der Waals surface area contributed by atoms with E-state index in [9.17, 15) is 4.79 Å². The number of benzene rings is 1. The number of rotatable bonds is 6. The fourth-order valence-corrected chi connectivity index (χ4v) is 1.21. The maximum atomic E-state index is 11.1. The first-order valence-electron chi connectivity index (χ1n) is 4.72. The third-order valence-corrected chi connectivity index (χ3v) is 2.10. The molecule has 0 saturated carbocycles. The van der Waals surface area contributed by atoms with Gasteiger partial charge in [0.15, 0.2) is 0 Å². The molecule has 0 heterocycles. The van der Waals surface area contributed by atoms with Crippen molar-refractivity contribution in [2.45, 2.75) is 6.42 Å². The Bertz CT molecular complexity index is 287. The van der Waals surface area contributed by atoms with E-state index in [-0.39, 0.29) is 5.97 Å². The van der Waals surface area contributed by atoms with Crippen molar-refractivity contribution >= 4 is 28.6 Å². The number of esters is 1. The van der Waals surface area contributed by atoms with Gasteiger partial charge in [0.1, 0.15) is 12.4 Å². The Kier molecular flexibility index (Phi) is 6.15. The van der Waals surface area contributed by atoms with E-state index >= 15 is 0 Å². The minimum absolute atomic E-state index is 0.206. The molecule has 15 heavy (non-hydrogen) atoms. The van der Waals surface area contributed by atoms with Gasteiger partial charge in [0.2, 0.25) is 0 Å². The monoisotopic (exact) mass is 320 g/mol. The highest BCUT2D eigenvalue weighted by atomic mass is 127. The number of alkyl halides is 1. The third kappa shape index (κ3) is 5.61. The van der Waals surface area contributed by atoms with Crippen molar-refractivity contribution < 1.29 is 14.3 Å². The molecule has 0 fully saturated rings. The quantitative estimate of drug-likeness (QED) is 0.459. The Morgan fingerprint density at radius 3 is 2.60 bits per heavy atom. The van der Waals surface area contributed by atoms with Crippen LogP contribution in [0.4, 0.5) is 0 Å². The highest BCUT2D eigenvalue weighted by Gasteiger charge is 2.02. The molecule has 0 saturated heterocycles. The van der Waals surface area contributed by atoms with E-state index in [2.05, 4.69) is 22.6 Å². The maximum Gasteiger partial charge on any atom is 0.309 e. The zero-order valence-electron chi connectivity index (χ0n) is 8.32. The second-order valence-electron chi connectivity index (χ2n) is 2.82. The summed E-state index contributed by atoms with van der Waals surface area (Å²) >= 11 is 2.16. The normalized spacial score (nSPS) is 9.67. The minimum Gasteiger partial charge on any atom is -0.493 e. The van der Waals surface area contributed by atoms with Crippen LogP contribution < -0.4 is 4.74 Å². The summed E-state index contributed by atoms with van der Waals surface area (Å²) in [5.41, 5.74) is 0. The summed E-state index contributed by atoms with van der Waals surface area (Å²) in [7, 11) is 0. The van der Waals surface area contributed by atoms with Gasteiger partial charge in [-0.25, -0.2) is 0 Å². The molecule has 0 atom stereocenters. The van der Waals surface area contributed by atoms with Crippen LogP contribution in [0.15, 0.2) is 30.3 Å². The molecule has 4 heteroatoms. The van der Waals surface area contributed by atoms with Crippen LogP contribution in [0.3, 0.4) is 0 Å². The number of halogens is 1. The molecule has 0 aromatic heterocycles. The lowest BCUT2D eigenvalue weighted by molar-refractivity contribution is -0.143. The van der Waals surface area contributed by atoms with Crippen molar-refractivity contribution in [1.29, 1.82) is 0 Å². The summed E-state index contributed by atoms with van der Waals surface area (Å²) in [5, 5.41) is 0. The molecule has 0 bridgehead atoms. The molecule has 0 unspecified atom stereocenters. The van der Waals surface area contributed by atoms with Crippen LogP contribution in [0, 0.1) is 0 Å². The number of para-hydroxylation sites is 1. The fraction of sp³-hybridized carbons (Fsp3) is 0.364. The summed E-state index contributed by atoms with van der Waals surface area (Å²) in [6.45, 7) is 0.842. The number of hydrogen-bond donors (Lipinski definition) is 0. The van der Waals surface area contributed by atoms with Crippen molar-refractivity contribution in [3.63, 3.8) is 0 Å². The SMILES string of the molecule is O=C(CCOc1ccccc1)OCCI. The van der Waals surface area contributed by atoms with Crippen LogP contribution in [0.1, 0.15) is 6.42 Å². The van der Waals surface area contributed by atoms with Gasteiger partial charge in [-0.05, 0) is 12.1 Å². The van der Waals surface area contributed by atoms with Crippen LogP contribution in [0.5, 0.6) is 5.75 Å². The smallest absolute Gasteiger partial charge is 0.309 e. The second kappa shape index (κ2) is 7.50. The molecule has 82 valence electrons. The molecular formula is C11H13IO3. The zero-order valence-corrected chi connectivity index (χ0v) is 10.5. The average Bonchev–Trinajstić information content (AvgIpc) is 2.28. The fourth-order valence-electron chi connectivity index (χ4n) is 0.994. The van der Waals surface area contributed by atoms with Gasteiger partial charge in [0.25, 0.3) is 0 Å². The largest absolute Gasteiger partial charge is 0.493 e. The highest BCUT2D eigenvalue weighted by Crippen LogP contribution is 2.08. The van der Waals surface area contributed by atoms with Crippen LogP contribution in [-0.4, -0.2) is 23.6 Å². The first kappa shape index (κ1) is 12.3. The average molecular weight is 320 g/mol. The molecule has 1 aromatic carbocycles. The van der Waals surface area contributed by atoms with Crippen molar-refractivity contribution in [2.24, 2.45) is 0 Å². The summed E-state index contributed by atoms with van der Waals surface area (Å²) in [6, 6.07) is 9.42. The lowest BCUT2D eigenvalue weighted by Gasteiger charge is -2.05. The second-order valence-corrected chi connectivity index (χ2v) is 3.90. The summed E-state index contributed by atoms with van der Waals surface area (Å²) in [6.07, 6.45) is 0.297. The van der Waals surface area contributed by atoms with Gasteiger partial charge in [0, 0.05) is 4.43 Å². The van der Waals surface area contributed by atoms with Gasteiger partial charge in [-0.2, -0.15) is 0 Å². The lowest BCUT2D eigenvalue weighted by atomic mass is 10.3. The van der Waals surface area contributed by atoms with E-state index in [4.69, 9.17) is 9.47 Å². The van der Waals surface area contributed by atoms with E-state index in [1.54, 1.807) is 0 Å². The third-order valence-electron chi connectivity index (χ3n) is 1.66. The predicted molar refractivity (Wildman–Crippen MR) is 66.4 cm³/mol. The number of carbonyl (C=O) groups excluding carboxylic acids is 1. The molecule has 3 nitrogen and oxygen atoms in total. The Morgan fingerprint density at radius 2 is 1.93 bits per heavy atom. The number of ether oxygens (including phenoxy) is 2. The van der Waals surface area contributed by atoms with Crippen LogP contribution in [0.25, 0.3) is 0 Å². The summed E-state index contributed by atoms with van der Waals surface area (Å²) in [5.74, 6) is 0.571. The Balaban J connectivity index is 2.14. The maximum absolute atomic E-state index is 11.1. The Hall–Kier alpha value is -0.780. The molecule has 0 amide bonds. The van der Waals surface area contributed by atoms with Crippen LogP contribution in [0.2, 0.25) is 0 Å². The molecule has 1 rings (SSSR count). The van der Waals surface area contributed by atoms with Gasteiger partial charge < -0.3 is 9.47 Å². The molecule has 0 aliphatic carbocycles. The van der Waals surface area contributed by atoms with Gasteiger partial charge in [-0.15, -0.1) is 0 Å². The number of hydrogen-bond acceptors (Lipinski definition) is 3. The molecule has 0 N–H and O–H groups in total. The summed E-state index contributed by atoms with van der Waals surface area (Å²) in [4.78, 5) is 11.1. The Labute approximate surface area is 103 Å². The van der Waals surface area contributed by atoms with E-state index in [1.165, 1.54) is 0 Å². The standard InChI is InChI=1S/C11H13IO3/c12-7-9-15-11(13)6-8-14-10-4-2-1-3-5-10/h1-5H,6-9H2. The minimum atomic E-state index is -0.206. The molecule has 0 radical (unpaired) electrons. The van der Waals surface area contributed by atoms with E-state index in [0.29, 0.717) is 19.6 Å². The molecule has 1 aromatic rings.